The molecule has 0 spiro atoms. The summed E-state index contributed by atoms with van der Waals surface area (Å²) in [5.41, 5.74) is 0.829. The Balaban J connectivity index is 2.02. The Bertz CT molecular complexity index is 692. The molecule has 0 aliphatic rings. The minimum Gasteiger partial charge on any atom is -0.354 e. The first-order valence-electron chi connectivity index (χ1n) is 7.29. The van der Waals surface area contributed by atoms with Crippen molar-refractivity contribution in [1.29, 1.82) is 0 Å². The summed E-state index contributed by atoms with van der Waals surface area (Å²) in [5, 5.41) is 6.65. The zero-order chi connectivity index (χ0) is 16.8. The maximum Gasteiger partial charge on any atom is 0.274 e. The van der Waals surface area contributed by atoms with Crippen molar-refractivity contribution >= 4 is 40.7 Å². The van der Waals surface area contributed by atoms with Crippen LogP contribution in [0.15, 0.2) is 30.5 Å². The molecule has 122 valence electrons. The second-order valence-corrected chi connectivity index (χ2v) is 6.27. The molecular formula is C16H18Cl2N4O. The number of amides is 1. The molecule has 0 saturated carbocycles. The zero-order valence-corrected chi connectivity index (χ0v) is 14.4. The van der Waals surface area contributed by atoms with Crippen LogP contribution in [0.5, 0.6) is 0 Å². The smallest absolute Gasteiger partial charge is 0.274 e. The summed E-state index contributed by atoms with van der Waals surface area (Å²) in [6.07, 6.45) is 2.55. The second kappa shape index (κ2) is 8.13. The number of hydrogen-bond acceptors (Lipinski definition) is 4. The molecule has 2 N–H and O–H groups in total. The number of benzene rings is 1. The van der Waals surface area contributed by atoms with Gasteiger partial charge in [0.2, 0.25) is 5.95 Å². The number of nitrogens with one attached hydrogen (secondary N) is 2. The summed E-state index contributed by atoms with van der Waals surface area (Å²) < 4.78 is 0. The van der Waals surface area contributed by atoms with E-state index in [0.717, 1.165) is 13.0 Å². The highest BCUT2D eigenvalue weighted by molar-refractivity contribution is 6.42. The lowest BCUT2D eigenvalue weighted by Crippen LogP contribution is -2.16. The van der Waals surface area contributed by atoms with Crippen molar-refractivity contribution < 1.29 is 4.79 Å². The molecule has 1 heterocycles. The van der Waals surface area contributed by atoms with Crippen molar-refractivity contribution in [3.05, 3.63) is 46.2 Å². The van der Waals surface area contributed by atoms with E-state index in [1.807, 2.05) is 0 Å². The summed E-state index contributed by atoms with van der Waals surface area (Å²) in [6, 6.07) is 6.44. The number of hydrogen-bond donors (Lipinski definition) is 2. The van der Waals surface area contributed by atoms with Crippen LogP contribution in [0.1, 0.15) is 30.8 Å². The maximum absolute atomic E-state index is 12.2. The van der Waals surface area contributed by atoms with E-state index in [0.29, 0.717) is 27.6 Å². The maximum atomic E-state index is 12.2. The molecule has 0 saturated heterocycles. The lowest BCUT2D eigenvalue weighted by molar-refractivity contribution is 0.102. The van der Waals surface area contributed by atoms with Gasteiger partial charge >= 0.3 is 0 Å². The van der Waals surface area contributed by atoms with Gasteiger partial charge in [0, 0.05) is 18.4 Å². The summed E-state index contributed by atoms with van der Waals surface area (Å²) in [6.45, 7) is 5.04. The van der Waals surface area contributed by atoms with Gasteiger partial charge in [-0.3, -0.25) is 4.79 Å². The average molecular weight is 353 g/mol. The molecule has 2 rings (SSSR count). The van der Waals surface area contributed by atoms with Crippen LogP contribution >= 0.6 is 23.2 Å². The first-order chi connectivity index (χ1) is 11.0. The molecule has 0 bridgehead atoms. The number of nitrogens with zero attached hydrogens (tertiary/aromatic N) is 2. The van der Waals surface area contributed by atoms with Gasteiger partial charge in [0.25, 0.3) is 5.91 Å². The molecular weight excluding hydrogens is 335 g/mol. The van der Waals surface area contributed by atoms with Gasteiger partial charge in [-0.25, -0.2) is 9.97 Å². The molecule has 1 amide bonds. The van der Waals surface area contributed by atoms with Crippen molar-refractivity contribution in [2.75, 3.05) is 17.2 Å². The lowest BCUT2D eigenvalue weighted by Gasteiger charge is -2.09. The van der Waals surface area contributed by atoms with Gasteiger partial charge in [0.05, 0.1) is 10.0 Å². The normalized spacial score (nSPS) is 10.7. The summed E-state index contributed by atoms with van der Waals surface area (Å²) >= 11 is 11.8. The zero-order valence-electron chi connectivity index (χ0n) is 12.9. The van der Waals surface area contributed by atoms with Crippen LogP contribution in [0.25, 0.3) is 0 Å². The third kappa shape index (κ3) is 5.37. The van der Waals surface area contributed by atoms with E-state index in [-0.39, 0.29) is 11.6 Å². The Morgan fingerprint density at radius 1 is 1.22 bits per heavy atom. The predicted octanol–water partition coefficient (Wildman–Crippen LogP) is 4.49. The van der Waals surface area contributed by atoms with Crippen LogP contribution < -0.4 is 10.6 Å². The van der Waals surface area contributed by atoms with Gasteiger partial charge in [-0.15, -0.1) is 0 Å². The molecule has 1 aromatic heterocycles. The molecule has 0 radical (unpaired) electrons. The van der Waals surface area contributed by atoms with Crippen LogP contribution in [-0.2, 0) is 0 Å². The van der Waals surface area contributed by atoms with Crippen LogP contribution in [-0.4, -0.2) is 22.4 Å². The number of aromatic nitrogens is 2. The fourth-order valence-electron chi connectivity index (χ4n) is 1.81. The minimum absolute atomic E-state index is 0.276. The Kier molecular flexibility index (Phi) is 6.19. The molecule has 1 aromatic carbocycles. The monoisotopic (exact) mass is 352 g/mol. The standard InChI is InChI=1S/C16H18Cl2N4O/c1-10(2)5-7-19-16-20-8-6-14(22-16)15(23)21-11-3-4-12(17)13(18)9-11/h3-4,6,8-10H,5,7H2,1-2H3,(H,21,23)(H,19,20,22). The van der Waals surface area contributed by atoms with E-state index in [2.05, 4.69) is 34.4 Å². The number of halogens is 2. The predicted molar refractivity (Wildman–Crippen MR) is 94.4 cm³/mol. The summed E-state index contributed by atoms with van der Waals surface area (Å²) in [7, 11) is 0. The second-order valence-electron chi connectivity index (χ2n) is 5.46. The topological polar surface area (TPSA) is 66.9 Å². The molecule has 0 atom stereocenters. The summed E-state index contributed by atoms with van der Waals surface area (Å²) in [5.74, 6) is 0.689. The minimum atomic E-state index is -0.335. The van der Waals surface area contributed by atoms with Crippen molar-refractivity contribution in [2.24, 2.45) is 5.92 Å². The van der Waals surface area contributed by atoms with Crippen molar-refractivity contribution in [1.82, 2.24) is 9.97 Å². The third-order valence-electron chi connectivity index (χ3n) is 3.07. The molecule has 5 nitrogen and oxygen atoms in total. The fraction of sp³-hybridized carbons (Fsp3) is 0.312. The van der Waals surface area contributed by atoms with Crippen molar-refractivity contribution in [3.63, 3.8) is 0 Å². The first-order valence-corrected chi connectivity index (χ1v) is 8.04. The Labute approximate surface area is 145 Å². The van der Waals surface area contributed by atoms with Crippen molar-refractivity contribution in [3.8, 4) is 0 Å². The highest BCUT2D eigenvalue weighted by atomic mass is 35.5. The van der Waals surface area contributed by atoms with Crippen LogP contribution in [0.2, 0.25) is 10.0 Å². The average Bonchev–Trinajstić information content (AvgIpc) is 2.51. The number of carbonyl (C=O) groups is 1. The van der Waals surface area contributed by atoms with E-state index in [1.54, 1.807) is 30.5 Å². The van der Waals surface area contributed by atoms with E-state index < -0.39 is 0 Å². The van der Waals surface area contributed by atoms with Gasteiger partial charge in [-0.05, 0) is 36.6 Å². The molecule has 0 aliphatic carbocycles. The Morgan fingerprint density at radius 3 is 2.70 bits per heavy atom. The SMILES string of the molecule is CC(C)CCNc1nccc(C(=O)Nc2ccc(Cl)c(Cl)c2)n1. The number of anilines is 2. The van der Waals surface area contributed by atoms with Gasteiger partial charge in [0.1, 0.15) is 5.69 Å². The van der Waals surface area contributed by atoms with Gasteiger partial charge in [-0.2, -0.15) is 0 Å². The number of rotatable bonds is 6. The fourth-order valence-corrected chi connectivity index (χ4v) is 2.11. The first kappa shape index (κ1) is 17.5. The molecule has 23 heavy (non-hydrogen) atoms. The van der Waals surface area contributed by atoms with E-state index in [9.17, 15) is 4.79 Å². The third-order valence-corrected chi connectivity index (χ3v) is 3.81. The molecule has 7 heteroatoms. The van der Waals surface area contributed by atoms with E-state index in [1.165, 1.54) is 0 Å². The van der Waals surface area contributed by atoms with Gasteiger partial charge < -0.3 is 10.6 Å². The highest BCUT2D eigenvalue weighted by Crippen LogP contribution is 2.25. The van der Waals surface area contributed by atoms with Crippen LogP contribution in [0, 0.1) is 5.92 Å². The van der Waals surface area contributed by atoms with Crippen LogP contribution in [0.3, 0.4) is 0 Å². The molecule has 0 unspecified atom stereocenters. The molecule has 0 fully saturated rings. The van der Waals surface area contributed by atoms with E-state index >= 15 is 0 Å². The van der Waals surface area contributed by atoms with Gasteiger partial charge in [0.15, 0.2) is 0 Å². The largest absolute Gasteiger partial charge is 0.354 e. The number of carbonyl (C=O) groups excluding carboxylic acids is 1. The highest BCUT2D eigenvalue weighted by Gasteiger charge is 2.10. The summed E-state index contributed by atoms with van der Waals surface area (Å²) in [4.78, 5) is 20.6. The quantitative estimate of drug-likeness (QED) is 0.803. The Morgan fingerprint density at radius 2 is 2.00 bits per heavy atom. The molecule has 0 aliphatic heterocycles. The van der Waals surface area contributed by atoms with Gasteiger partial charge in [-0.1, -0.05) is 37.0 Å². The molecule has 2 aromatic rings. The van der Waals surface area contributed by atoms with E-state index in [4.69, 9.17) is 23.2 Å². The Hall–Kier alpha value is -1.85. The van der Waals surface area contributed by atoms with Crippen LogP contribution in [0.4, 0.5) is 11.6 Å². The van der Waals surface area contributed by atoms with Crippen molar-refractivity contribution in [2.45, 2.75) is 20.3 Å². The lowest BCUT2D eigenvalue weighted by atomic mass is 10.1.